The van der Waals surface area contributed by atoms with E-state index in [0.29, 0.717) is 5.69 Å². The molecule has 1 heterocycles. The first-order valence-electron chi connectivity index (χ1n) is 5.85. The lowest BCUT2D eigenvalue weighted by atomic mass is 10.2. The zero-order valence-corrected chi connectivity index (χ0v) is 10.9. The van der Waals surface area contributed by atoms with Gasteiger partial charge in [-0.2, -0.15) is 0 Å². The number of nitro benzene ring substituents is 1. The molecular formula is C13H11N3O5. The van der Waals surface area contributed by atoms with E-state index in [4.69, 9.17) is 9.84 Å². The van der Waals surface area contributed by atoms with E-state index in [1.165, 1.54) is 36.5 Å². The Bertz CT molecular complexity index is 702. The van der Waals surface area contributed by atoms with E-state index in [0.717, 1.165) is 0 Å². The molecule has 0 atom stereocenters. The highest BCUT2D eigenvalue weighted by molar-refractivity contribution is 5.88. The number of hydrogen-bond donors (Lipinski definition) is 2. The molecule has 0 saturated carbocycles. The minimum Gasteiger partial charge on any atom is -0.476 e. The molecule has 108 valence electrons. The molecule has 0 radical (unpaired) electrons. The molecule has 0 aliphatic carbocycles. The van der Waals surface area contributed by atoms with Gasteiger partial charge in [0.1, 0.15) is 11.4 Å². The smallest absolute Gasteiger partial charge is 0.358 e. The van der Waals surface area contributed by atoms with Crippen molar-refractivity contribution in [3.8, 4) is 11.5 Å². The summed E-state index contributed by atoms with van der Waals surface area (Å²) in [5, 5.41) is 22.7. The van der Waals surface area contributed by atoms with E-state index >= 15 is 0 Å². The number of nitrogens with zero attached hydrogens (tertiary/aromatic N) is 2. The summed E-state index contributed by atoms with van der Waals surface area (Å²) in [6, 6.07) is 7.12. The number of rotatable bonds is 5. The number of carboxylic acid groups (broad SMARTS) is 1. The first kappa shape index (κ1) is 14.3. The second-order valence-corrected chi connectivity index (χ2v) is 3.94. The van der Waals surface area contributed by atoms with Gasteiger partial charge in [-0.1, -0.05) is 0 Å². The fourth-order valence-electron chi connectivity index (χ4n) is 1.70. The lowest BCUT2D eigenvalue weighted by Crippen LogP contribution is -2.03. The van der Waals surface area contributed by atoms with Gasteiger partial charge in [-0.05, 0) is 24.3 Å². The van der Waals surface area contributed by atoms with Crippen molar-refractivity contribution < 1.29 is 19.6 Å². The Morgan fingerprint density at radius 1 is 1.43 bits per heavy atom. The fourth-order valence-corrected chi connectivity index (χ4v) is 1.70. The highest BCUT2D eigenvalue weighted by atomic mass is 16.6. The van der Waals surface area contributed by atoms with Gasteiger partial charge in [0.15, 0.2) is 11.4 Å². The number of anilines is 1. The molecule has 2 rings (SSSR count). The van der Waals surface area contributed by atoms with Crippen LogP contribution in [0.3, 0.4) is 0 Å². The Morgan fingerprint density at radius 3 is 2.81 bits per heavy atom. The second kappa shape index (κ2) is 5.87. The van der Waals surface area contributed by atoms with Crippen molar-refractivity contribution >= 4 is 17.3 Å². The van der Waals surface area contributed by atoms with E-state index in [2.05, 4.69) is 10.3 Å². The van der Waals surface area contributed by atoms with Crippen LogP contribution in [0.5, 0.6) is 11.5 Å². The molecule has 2 N–H and O–H groups in total. The van der Waals surface area contributed by atoms with E-state index in [-0.39, 0.29) is 22.9 Å². The molecular weight excluding hydrogens is 278 g/mol. The van der Waals surface area contributed by atoms with E-state index in [1.54, 1.807) is 7.05 Å². The minimum atomic E-state index is -1.24. The van der Waals surface area contributed by atoms with E-state index in [9.17, 15) is 14.9 Å². The van der Waals surface area contributed by atoms with Crippen molar-refractivity contribution in [2.45, 2.75) is 0 Å². The Hall–Kier alpha value is -3.16. The zero-order valence-electron chi connectivity index (χ0n) is 10.9. The number of carbonyl (C=O) groups is 1. The summed E-state index contributed by atoms with van der Waals surface area (Å²) in [6.45, 7) is 0. The summed E-state index contributed by atoms with van der Waals surface area (Å²) >= 11 is 0. The third-order valence-corrected chi connectivity index (χ3v) is 2.64. The predicted octanol–water partition coefficient (Wildman–Crippen LogP) is 2.52. The SMILES string of the molecule is CNc1ccc(Oc2cccnc2C(=O)O)cc1[N+](=O)[O-]. The summed E-state index contributed by atoms with van der Waals surface area (Å²) in [5.41, 5.74) is -0.106. The van der Waals surface area contributed by atoms with Gasteiger partial charge < -0.3 is 15.2 Å². The number of aromatic nitrogens is 1. The van der Waals surface area contributed by atoms with Gasteiger partial charge in [0.2, 0.25) is 0 Å². The second-order valence-electron chi connectivity index (χ2n) is 3.94. The highest BCUT2D eigenvalue weighted by Gasteiger charge is 2.17. The van der Waals surface area contributed by atoms with Gasteiger partial charge >= 0.3 is 5.97 Å². The number of carboxylic acids is 1. The molecule has 1 aromatic carbocycles. The molecule has 0 aliphatic rings. The van der Waals surface area contributed by atoms with Gasteiger partial charge in [0.05, 0.1) is 11.0 Å². The van der Waals surface area contributed by atoms with Crippen LogP contribution in [-0.4, -0.2) is 28.0 Å². The van der Waals surface area contributed by atoms with Crippen LogP contribution in [0.4, 0.5) is 11.4 Å². The van der Waals surface area contributed by atoms with Crippen molar-refractivity contribution in [1.82, 2.24) is 4.98 Å². The molecule has 21 heavy (non-hydrogen) atoms. The monoisotopic (exact) mass is 289 g/mol. The van der Waals surface area contributed by atoms with Crippen molar-refractivity contribution in [3.63, 3.8) is 0 Å². The third-order valence-electron chi connectivity index (χ3n) is 2.64. The number of benzene rings is 1. The zero-order chi connectivity index (χ0) is 15.4. The lowest BCUT2D eigenvalue weighted by Gasteiger charge is -2.09. The Balaban J connectivity index is 2.39. The molecule has 0 amide bonds. The number of pyridine rings is 1. The van der Waals surface area contributed by atoms with E-state index in [1.807, 2.05) is 0 Å². The third kappa shape index (κ3) is 3.06. The number of aromatic carboxylic acids is 1. The van der Waals surface area contributed by atoms with E-state index < -0.39 is 10.9 Å². The molecule has 8 heteroatoms. The maximum absolute atomic E-state index is 11.0. The van der Waals surface area contributed by atoms with Crippen LogP contribution in [0.25, 0.3) is 0 Å². The average Bonchev–Trinajstić information content (AvgIpc) is 2.47. The largest absolute Gasteiger partial charge is 0.476 e. The average molecular weight is 289 g/mol. The maximum atomic E-state index is 11.0. The van der Waals surface area contributed by atoms with Crippen LogP contribution in [0, 0.1) is 10.1 Å². The minimum absolute atomic E-state index is 0.0107. The Labute approximate surface area is 119 Å². The number of nitrogens with one attached hydrogen (secondary N) is 1. The topological polar surface area (TPSA) is 115 Å². The summed E-state index contributed by atoms with van der Waals surface area (Å²) < 4.78 is 5.39. The quantitative estimate of drug-likeness (QED) is 0.641. The summed E-state index contributed by atoms with van der Waals surface area (Å²) in [6.07, 6.45) is 1.32. The standard InChI is InChI=1S/C13H11N3O5/c1-14-9-5-4-8(7-10(9)16(19)20)21-11-3-2-6-15-12(11)13(17)18/h2-7,14H,1H3,(H,17,18). The van der Waals surface area contributed by atoms with Gasteiger partial charge in [-0.15, -0.1) is 0 Å². The maximum Gasteiger partial charge on any atom is 0.358 e. The van der Waals surface area contributed by atoms with Gasteiger partial charge in [-0.3, -0.25) is 10.1 Å². The summed E-state index contributed by atoms with van der Waals surface area (Å²) in [4.78, 5) is 25.1. The molecule has 0 aliphatic heterocycles. The van der Waals surface area contributed by atoms with Crippen LogP contribution in [0.15, 0.2) is 36.5 Å². The molecule has 8 nitrogen and oxygen atoms in total. The van der Waals surface area contributed by atoms with Crippen LogP contribution in [0.2, 0.25) is 0 Å². The van der Waals surface area contributed by atoms with Gasteiger partial charge in [0.25, 0.3) is 5.69 Å². The summed E-state index contributed by atoms with van der Waals surface area (Å²) in [5.74, 6) is -1.08. The molecule has 0 unspecified atom stereocenters. The first-order valence-corrected chi connectivity index (χ1v) is 5.85. The first-order chi connectivity index (χ1) is 10.0. The Morgan fingerprint density at radius 2 is 2.19 bits per heavy atom. The predicted molar refractivity (Wildman–Crippen MR) is 73.9 cm³/mol. The highest BCUT2D eigenvalue weighted by Crippen LogP contribution is 2.32. The Kier molecular flexibility index (Phi) is 3.98. The molecule has 2 aromatic rings. The molecule has 0 saturated heterocycles. The van der Waals surface area contributed by atoms with Crippen molar-refractivity contribution in [2.24, 2.45) is 0 Å². The van der Waals surface area contributed by atoms with Crippen LogP contribution >= 0.6 is 0 Å². The van der Waals surface area contributed by atoms with Gasteiger partial charge in [0, 0.05) is 13.2 Å². The molecule has 0 spiro atoms. The summed E-state index contributed by atoms with van der Waals surface area (Å²) in [7, 11) is 1.56. The normalized spacial score (nSPS) is 9.95. The number of nitro groups is 1. The molecule has 0 bridgehead atoms. The van der Waals surface area contributed by atoms with Crippen molar-refractivity contribution in [1.29, 1.82) is 0 Å². The molecule has 1 aromatic heterocycles. The van der Waals surface area contributed by atoms with Crippen molar-refractivity contribution in [2.75, 3.05) is 12.4 Å². The lowest BCUT2D eigenvalue weighted by molar-refractivity contribution is -0.384. The number of ether oxygens (including phenoxy) is 1. The van der Waals surface area contributed by atoms with Crippen molar-refractivity contribution in [3.05, 3.63) is 52.3 Å². The van der Waals surface area contributed by atoms with Crippen LogP contribution in [-0.2, 0) is 0 Å². The van der Waals surface area contributed by atoms with Crippen LogP contribution < -0.4 is 10.1 Å². The fraction of sp³-hybridized carbons (Fsp3) is 0.0769. The van der Waals surface area contributed by atoms with Crippen LogP contribution in [0.1, 0.15) is 10.5 Å². The van der Waals surface area contributed by atoms with Gasteiger partial charge in [-0.25, -0.2) is 9.78 Å². The number of hydrogen-bond acceptors (Lipinski definition) is 6. The molecule has 0 fully saturated rings.